The fraction of sp³-hybridized carbons (Fsp3) is 0.286. The predicted molar refractivity (Wildman–Crippen MR) is 83.6 cm³/mol. The van der Waals surface area contributed by atoms with E-state index in [2.05, 4.69) is 10.0 Å². The molecule has 114 valence electrons. The summed E-state index contributed by atoms with van der Waals surface area (Å²) < 4.78 is 40.6. The van der Waals surface area contributed by atoms with Gasteiger partial charge in [-0.3, -0.25) is 4.72 Å². The van der Waals surface area contributed by atoms with Crippen LogP contribution in [-0.2, 0) is 16.6 Å². The van der Waals surface area contributed by atoms with Gasteiger partial charge >= 0.3 is 0 Å². The minimum absolute atomic E-state index is 0.219. The van der Waals surface area contributed by atoms with Crippen molar-refractivity contribution in [2.24, 2.45) is 0 Å². The molecule has 1 aromatic carbocycles. The number of thiophene rings is 1. The van der Waals surface area contributed by atoms with E-state index in [0.717, 1.165) is 23.4 Å². The van der Waals surface area contributed by atoms with Crippen LogP contribution in [0.2, 0.25) is 0 Å². The predicted octanol–water partition coefficient (Wildman–Crippen LogP) is 3.11. The van der Waals surface area contributed by atoms with Crippen molar-refractivity contribution in [2.75, 3.05) is 11.3 Å². The van der Waals surface area contributed by atoms with Crippen molar-refractivity contribution < 1.29 is 12.8 Å². The van der Waals surface area contributed by atoms with Crippen molar-refractivity contribution in [1.29, 1.82) is 0 Å². The second kappa shape index (κ2) is 6.55. The molecule has 0 spiro atoms. The fourth-order valence-electron chi connectivity index (χ4n) is 1.72. The number of benzene rings is 1. The average Bonchev–Trinajstić information content (AvgIpc) is 2.90. The molecular weight excluding hydrogens is 311 g/mol. The Hall–Kier alpha value is -1.44. The Morgan fingerprint density at radius 2 is 2.05 bits per heavy atom. The maximum atomic E-state index is 13.5. The highest BCUT2D eigenvalue weighted by atomic mass is 32.2. The molecule has 0 bridgehead atoms. The van der Waals surface area contributed by atoms with E-state index in [1.165, 1.54) is 12.1 Å². The first-order valence-electron chi connectivity index (χ1n) is 6.49. The highest BCUT2D eigenvalue weighted by molar-refractivity contribution is 7.94. The Bertz CT molecular complexity index is 726. The van der Waals surface area contributed by atoms with Crippen molar-refractivity contribution in [1.82, 2.24) is 5.32 Å². The van der Waals surface area contributed by atoms with E-state index >= 15 is 0 Å². The van der Waals surface area contributed by atoms with Gasteiger partial charge in [0.1, 0.15) is 10.0 Å². The van der Waals surface area contributed by atoms with Crippen LogP contribution >= 0.6 is 11.3 Å². The largest absolute Gasteiger partial charge is 0.313 e. The van der Waals surface area contributed by atoms with Crippen LogP contribution < -0.4 is 10.0 Å². The van der Waals surface area contributed by atoms with Crippen LogP contribution in [0.4, 0.5) is 10.1 Å². The summed E-state index contributed by atoms with van der Waals surface area (Å²) in [6.07, 6.45) is 0. The van der Waals surface area contributed by atoms with Crippen LogP contribution in [0.5, 0.6) is 0 Å². The zero-order valence-corrected chi connectivity index (χ0v) is 13.4. The summed E-state index contributed by atoms with van der Waals surface area (Å²) in [5.74, 6) is -0.436. The second-order valence-corrected chi connectivity index (χ2v) is 7.44. The molecule has 2 N–H and O–H groups in total. The van der Waals surface area contributed by atoms with E-state index < -0.39 is 15.8 Å². The molecule has 0 saturated heterocycles. The Labute approximate surface area is 128 Å². The zero-order valence-electron chi connectivity index (χ0n) is 11.8. The molecule has 2 rings (SSSR count). The molecule has 21 heavy (non-hydrogen) atoms. The van der Waals surface area contributed by atoms with Crippen LogP contribution in [0.15, 0.2) is 33.9 Å². The highest BCUT2D eigenvalue weighted by Crippen LogP contribution is 2.24. The van der Waals surface area contributed by atoms with Gasteiger partial charge in [0.15, 0.2) is 0 Å². The molecule has 0 unspecified atom stereocenters. The molecule has 0 aliphatic heterocycles. The van der Waals surface area contributed by atoms with E-state index in [-0.39, 0.29) is 9.90 Å². The number of rotatable bonds is 6. The van der Waals surface area contributed by atoms with Gasteiger partial charge in [-0.15, -0.1) is 11.3 Å². The summed E-state index contributed by atoms with van der Waals surface area (Å²) in [7, 11) is -3.67. The van der Waals surface area contributed by atoms with Gasteiger partial charge in [-0.25, -0.2) is 12.8 Å². The third-order valence-electron chi connectivity index (χ3n) is 2.90. The Kier molecular flexibility index (Phi) is 4.97. The lowest BCUT2D eigenvalue weighted by atomic mass is 10.2. The number of sulfonamides is 1. The van der Waals surface area contributed by atoms with Gasteiger partial charge in [-0.2, -0.15) is 0 Å². The van der Waals surface area contributed by atoms with Gasteiger partial charge in [0.2, 0.25) is 0 Å². The van der Waals surface area contributed by atoms with Crippen LogP contribution in [0, 0.1) is 12.7 Å². The van der Waals surface area contributed by atoms with E-state index in [0.29, 0.717) is 12.1 Å². The summed E-state index contributed by atoms with van der Waals surface area (Å²) in [5.41, 5.74) is 1.61. The first-order valence-corrected chi connectivity index (χ1v) is 8.86. The van der Waals surface area contributed by atoms with E-state index in [9.17, 15) is 12.8 Å². The van der Waals surface area contributed by atoms with Crippen molar-refractivity contribution in [3.05, 3.63) is 46.6 Å². The first-order chi connectivity index (χ1) is 9.92. The minimum Gasteiger partial charge on any atom is -0.313 e. The second-order valence-electron chi connectivity index (χ2n) is 4.62. The SMILES string of the molecule is CCNCc1csc(S(=O)(=O)Nc2ccc(C)c(F)c2)c1. The first kappa shape index (κ1) is 15.9. The van der Waals surface area contributed by atoms with Gasteiger partial charge < -0.3 is 5.32 Å². The molecule has 0 radical (unpaired) electrons. The van der Waals surface area contributed by atoms with Crippen molar-refractivity contribution >= 4 is 27.0 Å². The Morgan fingerprint density at radius 3 is 2.71 bits per heavy atom. The lowest BCUT2D eigenvalue weighted by molar-refractivity contribution is 0.602. The van der Waals surface area contributed by atoms with E-state index in [1.54, 1.807) is 24.4 Å². The molecule has 1 aromatic heterocycles. The lowest BCUT2D eigenvalue weighted by Gasteiger charge is -2.07. The summed E-state index contributed by atoms with van der Waals surface area (Å²) in [4.78, 5) is 0. The zero-order chi connectivity index (χ0) is 15.5. The number of nitrogens with one attached hydrogen (secondary N) is 2. The average molecular weight is 328 g/mol. The third kappa shape index (κ3) is 4.03. The van der Waals surface area contributed by atoms with Gasteiger partial charge in [0.25, 0.3) is 10.0 Å². The normalized spacial score (nSPS) is 11.6. The smallest absolute Gasteiger partial charge is 0.271 e. The number of aryl methyl sites for hydroxylation is 1. The van der Waals surface area contributed by atoms with Gasteiger partial charge in [-0.05, 0) is 48.2 Å². The van der Waals surface area contributed by atoms with Gasteiger partial charge in [0.05, 0.1) is 5.69 Å². The van der Waals surface area contributed by atoms with Crippen molar-refractivity contribution in [3.8, 4) is 0 Å². The summed E-state index contributed by atoms with van der Waals surface area (Å²) in [6, 6.07) is 5.89. The molecule has 7 heteroatoms. The number of hydrogen-bond acceptors (Lipinski definition) is 4. The maximum absolute atomic E-state index is 13.5. The number of anilines is 1. The van der Waals surface area contributed by atoms with Crippen molar-refractivity contribution in [3.63, 3.8) is 0 Å². The molecule has 0 atom stereocenters. The molecule has 0 amide bonds. The van der Waals surface area contributed by atoms with Gasteiger partial charge in [-0.1, -0.05) is 13.0 Å². The molecular formula is C14H17FN2O2S2. The van der Waals surface area contributed by atoms with Crippen LogP contribution in [0.3, 0.4) is 0 Å². The van der Waals surface area contributed by atoms with Crippen molar-refractivity contribution in [2.45, 2.75) is 24.6 Å². The Balaban J connectivity index is 2.17. The van der Waals surface area contributed by atoms with Crippen LogP contribution in [-0.4, -0.2) is 15.0 Å². The number of hydrogen-bond donors (Lipinski definition) is 2. The Morgan fingerprint density at radius 1 is 1.29 bits per heavy atom. The maximum Gasteiger partial charge on any atom is 0.271 e. The highest BCUT2D eigenvalue weighted by Gasteiger charge is 2.17. The topological polar surface area (TPSA) is 58.2 Å². The minimum atomic E-state index is -3.67. The van der Waals surface area contributed by atoms with E-state index in [4.69, 9.17) is 0 Å². The molecule has 0 aliphatic carbocycles. The van der Waals surface area contributed by atoms with Crippen LogP contribution in [0.25, 0.3) is 0 Å². The molecule has 1 heterocycles. The summed E-state index contributed by atoms with van der Waals surface area (Å²) in [6.45, 7) is 5.05. The number of halogens is 1. The molecule has 0 aliphatic rings. The van der Waals surface area contributed by atoms with Gasteiger partial charge in [0, 0.05) is 6.54 Å². The molecule has 0 fully saturated rings. The molecule has 4 nitrogen and oxygen atoms in total. The third-order valence-corrected chi connectivity index (χ3v) is 5.77. The monoisotopic (exact) mass is 328 g/mol. The van der Waals surface area contributed by atoms with E-state index in [1.807, 2.05) is 6.92 Å². The molecule has 2 aromatic rings. The standard InChI is InChI=1S/C14H17FN2O2S2/c1-3-16-8-11-6-14(20-9-11)21(18,19)17-12-5-4-10(2)13(15)7-12/h4-7,9,16-17H,3,8H2,1-2H3. The summed E-state index contributed by atoms with van der Waals surface area (Å²) in [5, 5.41) is 4.93. The molecule has 0 saturated carbocycles. The summed E-state index contributed by atoms with van der Waals surface area (Å²) >= 11 is 1.15. The van der Waals surface area contributed by atoms with Crippen LogP contribution in [0.1, 0.15) is 18.1 Å². The fourth-order valence-corrected chi connectivity index (χ4v) is 3.98. The lowest BCUT2D eigenvalue weighted by Crippen LogP contribution is -2.12. The quantitative estimate of drug-likeness (QED) is 0.856.